The van der Waals surface area contributed by atoms with Gasteiger partial charge in [-0.2, -0.15) is 0 Å². The van der Waals surface area contributed by atoms with E-state index in [-0.39, 0.29) is 23.6 Å². The maximum atomic E-state index is 13.1. The molecule has 0 radical (unpaired) electrons. The molecule has 2 amide bonds. The van der Waals surface area contributed by atoms with Crippen molar-refractivity contribution in [1.82, 2.24) is 5.32 Å². The predicted molar refractivity (Wildman–Crippen MR) is 63.2 cm³/mol. The van der Waals surface area contributed by atoms with E-state index in [1.807, 2.05) is 0 Å². The fourth-order valence-corrected chi connectivity index (χ4v) is 1.84. The lowest BCUT2D eigenvalue weighted by atomic mass is 10.1. The minimum Gasteiger partial charge on any atom is -0.478 e. The Morgan fingerprint density at radius 2 is 2.16 bits per heavy atom. The summed E-state index contributed by atoms with van der Waals surface area (Å²) in [5.74, 6) is -2.72. The van der Waals surface area contributed by atoms with Crippen molar-refractivity contribution in [2.75, 3.05) is 5.32 Å². The molecule has 3 N–H and O–H groups in total. The number of carbonyl (C=O) groups excluding carboxylic acids is 2. The molecule has 100 valence electrons. The number of carboxylic acid groups (broad SMARTS) is 1. The number of anilines is 1. The molecule has 7 heteroatoms. The number of halogens is 1. The van der Waals surface area contributed by atoms with Crippen LogP contribution in [-0.2, 0) is 9.59 Å². The number of aromatic carboxylic acids is 1. The molecule has 1 fully saturated rings. The molecular formula is C12H11FN2O4. The number of hydrogen-bond acceptors (Lipinski definition) is 3. The summed E-state index contributed by atoms with van der Waals surface area (Å²) in [7, 11) is 0. The standard InChI is InChI=1S/C12H11FN2O4/c13-6-1-2-7(12(18)19)9(5-6)15-11(17)8-3-4-10(16)14-8/h1-2,5,8H,3-4H2,(H,14,16)(H,15,17)(H,18,19). The van der Waals surface area contributed by atoms with Gasteiger partial charge < -0.3 is 15.7 Å². The summed E-state index contributed by atoms with van der Waals surface area (Å²) in [6.07, 6.45) is 0.579. The van der Waals surface area contributed by atoms with E-state index < -0.39 is 23.7 Å². The molecule has 1 aliphatic heterocycles. The number of hydrogen-bond donors (Lipinski definition) is 3. The monoisotopic (exact) mass is 266 g/mol. The van der Waals surface area contributed by atoms with Crippen molar-refractivity contribution in [2.45, 2.75) is 18.9 Å². The molecular weight excluding hydrogens is 255 g/mol. The summed E-state index contributed by atoms with van der Waals surface area (Å²) in [5, 5.41) is 13.7. The Bertz CT molecular complexity index is 559. The van der Waals surface area contributed by atoms with Crippen molar-refractivity contribution < 1.29 is 23.9 Å². The molecule has 0 aliphatic carbocycles. The van der Waals surface area contributed by atoms with Crippen molar-refractivity contribution in [3.8, 4) is 0 Å². The van der Waals surface area contributed by atoms with E-state index >= 15 is 0 Å². The zero-order valence-corrected chi connectivity index (χ0v) is 9.77. The molecule has 1 aliphatic rings. The number of rotatable bonds is 3. The Kier molecular flexibility index (Phi) is 3.46. The first-order valence-electron chi connectivity index (χ1n) is 5.60. The summed E-state index contributed by atoms with van der Waals surface area (Å²) in [4.78, 5) is 33.7. The highest BCUT2D eigenvalue weighted by atomic mass is 19.1. The quantitative estimate of drug-likeness (QED) is 0.752. The van der Waals surface area contributed by atoms with Crippen LogP contribution in [0.4, 0.5) is 10.1 Å². The van der Waals surface area contributed by atoms with Crippen LogP contribution in [-0.4, -0.2) is 28.9 Å². The topological polar surface area (TPSA) is 95.5 Å². The summed E-state index contributed by atoms with van der Waals surface area (Å²) in [5.41, 5.74) is -0.335. The highest BCUT2D eigenvalue weighted by Crippen LogP contribution is 2.18. The lowest BCUT2D eigenvalue weighted by Gasteiger charge is -2.12. The van der Waals surface area contributed by atoms with Gasteiger partial charge in [0.15, 0.2) is 0 Å². The zero-order valence-electron chi connectivity index (χ0n) is 9.77. The average molecular weight is 266 g/mol. The van der Waals surface area contributed by atoms with Crippen LogP contribution in [0.2, 0.25) is 0 Å². The SMILES string of the molecule is O=C1CCC(C(=O)Nc2cc(F)ccc2C(=O)O)N1. The Labute approximate surface area is 107 Å². The summed E-state index contributed by atoms with van der Waals surface area (Å²) in [6.45, 7) is 0. The zero-order chi connectivity index (χ0) is 14.0. The molecule has 0 spiro atoms. The number of benzene rings is 1. The molecule has 1 saturated heterocycles. The van der Waals surface area contributed by atoms with Gasteiger partial charge in [-0.25, -0.2) is 9.18 Å². The molecule has 1 aromatic rings. The number of carboxylic acids is 1. The van der Waals surface area contributed by atoms with Gasteiger partial charge in [0, 0.05) is 6.42 Å². The fourth-order valence-electron chi connectivity index (χ4n) is 1.84. The van der Waals surface area contributed by atoms with Gasteiger partial charge in [0.05, 0.1) is 11.3 Å². The first-order chi connectivity index (χ1) is 8.97. The highest BCUT2D eigenvalue weighted by Gasteiger charge is 2.28. The van der Waals surface area contributed by atoms with Crippen LogP contribution in [0.5, 0.6) is 0 Å². The largest absolute Gasteiger partial charge is 0.478 e. The van der Waals surface area contributed by atoms with Gasteiger partial charge in [-0.05, 0) is 24.6 Å². The van der Waals surface area contributed by atoms with Crippen LogP contribution in [0.15, 0.2) is 18.2 Å². The second-order valence-electron chi connectivity index (χ2n) is 4.14. The van der Waals surface area contributed by atoms with E-state index in [0.717, 1.165) is 18.2 Å². The summed E-state index contributed by atoms with van der Waals surface area (Å²) >= 11 is 0. The van der Waals surface area contributed by atoms with Gasteiger partial charge in [0.2, 0.25) is 11.8 Å². The Balaban J connectivity index is 2.18. The van der Waals surface area contributed by atoms with Gasteiger partial charge in [0.25, 0.3) is 0 Å². The molecule has 1 unspecified atom stereocenters. The van der Waals surface area contributed by atoms with E-state index in [9.17, 15) is 18.8 Å². The maximum Gasteiger partial charge on any atom is 0.337 e. The summed E-state index contributed by atoms with van der Waals surface area (Å²) in [6, 6.07) is 2.28. The Hall–Kier alpha value is -2.44. The van der Waals surface area contributed by atoms with Gasteiger partial charge in [-0.1, -0.05) is 0 Å². The van der Waals surface area contributed by atoms with Gasteiger partial charge >= 0.3 is 5.97 Å². The van der Waals surface area contributed by atoms with Crippen LogP contribution in [0.1, 0.15) is 23.2 Å². The molecule has 1 aromatic carbocycles. The van der Waals surface area contributed by atoms with Crippen LogP contribution >= 0.6 is 0 Å². The smallest absolute Gasteiger partial charge is 0.337 e. The third kappa shape index (κ3) is 2.87. The first kappa shape index (κ1) is 13.0. The number of amides is 2. The molecule has 19 heavy (non-hydrogen) atoms. The third-order valence-corrected chi connectivity index (χ3v) is 2.78. The van der Waals surface area contributed by atoms with Crippen LogP contribution in [0.3, 0.4) is 0 Å². The minimum absolute atomic E-state index is 0.126. The molecule has 1 heterocycles. The van der Waals surface area contributed by atoms with E-state index in [2.05, 4.69) is 10.6 Å². The number of nitrogens with one attached hydrogen (secondary N) is 2. The molecule has 0 saturated carbocycles. The molecule has 6 nitrogen and oxygen atoms in total. The van der Waals surface area contributed by atoms with Crippen molar-refractivity contribution in [2.24, 2.45) is 0 Å². The first-order valence-corrected chi connectivity index (χ1v) is 5.60. The van der Waals surface area contributed by atoms with E-state index in [4.69, 9.17) is 5.11 Å². The lowest BCUT2D eigenvalue weighted by molar-refractivity contribution is -0.122. The van der Waals surface area contributed by atoms with Crippen molar-refractivity contribution in [3.63, 3.8) is 0 Å². The molecule has 1 atom stereocenters. The Morgan fingerprint density at radius 1 is 1.42 bits per heavy atom. The fraction of sp³-hybridized carbons (Fsp3) is 0.250. The van der Waals surface area contributed by atoms with Gasteiger partial charge in [0.1, 0.15) is 11.9 Å². The molecule has 2 rings (SSSR count). The van der Waals surface area contributed by atoms with Crippen molar-refractivity contribution in [3.05, 3.63) is 29.6 Å². The van der Waals surface area contributed by atoms with Gasteiger partial charge in [-0.15, -0.1) is 0 Å². The predicted octanol–water partition coefficient (Wildman–Crippen LogP) is 0.741. The van der Waals surface area contributed by atoms with E-state index in [1.54, 1.807) is 0 Å². The average Bonchev–Trinajstić information content (AvgIpc) is 2.75. The maximum absolute atomic E-state index is 13.1. The van der Waals surface area contributed by atoms with E-state index in [0.29, 0.717) is 6.42 Å². The molecule has 0 bridgehead atoms. The van der Waals surface area contributed by atoms with Crippen molar-refractivity contribution >= 4 is 23.5 Å². The minimum atomic E-state index is -1.27. The lowest BCUT2D eigenvalue weighted by Crippen LogP contribution is -2.37. The number of carbonyl (C=O) groups is 3. The van der Waals surface area contributed by atoms with Gasteiger partial charge in [-0.3, -0.25) is 9.59 Å². The van der Waals surface area contributed by atoms with Crippen LogP contribution < -0.4 is 10.6 Å². The van der Waals surface area contributed by atoms with Crippen molar-refractivity contribution in [1.29, 1.82) is 0 Å². The summed E-state index contributed by atoms with van der Waals surface area (Å²) < 4.78 is 13.1. The second-order valence-corrected chi connectivity index (χ2v) is 4.14. The van der Waals surface area contributed by atoms with Crippen LogP contribution in [0.25, 0.3) is 0 Å². The highest BCUT2D eigenvalue weighted by molar-refractivity contribution is 6.03. The Morgan fingerprint density at radius 3 is 2.74 bits per heavy atom. The van der Waals surface area contributed by atoms with E-state index in [1.165, 1.54) is 0 Å². The normalized spacial score (nSPS) is 17.9. The van der Waals surface area contributed by atoms with Crippen LogP contribution in [0, 0.1) is 5.82 Å². The second kappa shape index (κ2) is 5.05. The molecule has 0 aromatic heterocycles. The third-order valence-electron chi connectivity index (χ3n) is 2.78.